The van der Waals surface area contributed by atoms with Gasteiger partial charge in [0.2, 0.25) is 0 Å². The maximum Gasteiger partial charge on any atom is 0.367 e. The molecular formula is C19H25N2O4PS. The summed E-state index contributed by atoms with van der Waals surface area (Å²) in [7, 11) is -3.26. The third-order valence-corrected chi connectivity index (χ3v) is 7.36. The maximum atomic E-state index is 12.7. The van der Waals surface area contributed by atoms with Gasteiger partial charge in [-0.25, -0.2) is 4.98 Å². The zero-order valence-electron chi connectivity index (χ0n) is 15.7. The molecule has 1 aromatic heterocycles. The second-order valence-corrected chi connectivity index (χ2v) is 9.69. The van der Waals surface area contributed by atoms with Crippen LogP contribution in [0.3, 0.4) is 0 Å². The van der Waals surface area contributed by atoms with E-state index in [1.807, 2.05) is 11.6 Å². The number of benzene rings is 1. The molecule has 2 aliphatic carbocycles. The van der Waals surface area contributed by atoms with Crippen LogP contribution in [0.15, 0.2) is 17.6 Å². The second kappa shape index (κ2) is 8.02. The summed E-state index contributed by atoms with van der Waals surface area (Å²) in [4.78, 5) is 5.81. The van der Waals surface area contributed by atoms with E-state index in [1.54, 1.807) is 25.2 Å². The van der Waals surface area contributed by atoms with Crippen molar-refractivity contribution in [2.75, 3.05) is 19.6 Å². The van der Waals surface area contributed by atoms with Crippen molar-refractivity contribution in [3.8, 4) is 17.0 Å². The van der Waals surface area contributed by atoms with E-state index in [1.165, 1.54) is 28.8 Å². The highest BCUT2D eigenvalue weighted by molar-refractivity contribution is 7.53. The first-order valence-corrected chi connectivity index (χ1v) is 12.1. The number of rotatable bonds is 10. The summed E-state index contributed by atoms with van der Waals surface area (Å²) in [5, 5.41) is 3.59. The van der Waals surface area contributed by atoms with Gasteiger partial charge < -0.3 is 19.1 Å². The molecule has 146 valence electrons. The van der Waals surface area contributed by atoms with Crippen molar-refractivity contribution in [2.45, 2.75) is 45.7 Å². The predicted octanol–water partition coefficient (Wildman–Crippen LogP) is 4.57. The molecule has 1 aromatic carbocycles. The van der Waals surface area contributed by atoms with E-state index in [0.29, 0.717) is 25.0 Å². The van der Waals surface area contributed by atoms with Gasteiger partial charge in [-0.05, 0) is 43.9 Å². The number of hydrogen-bond acceptors (Lipinski definition) is 7. The number of nitrogens with zero attached hydrogens (tertiary/aromatic N) is 1. The predicted molar refractivity (Wildman–Crippen MR) is 107 cm³/mol. The summed E-state index contributed by atoms with van der Waals surface area (Å²) in [6.07, 6.45) is 3.31. The highest BCUT2D eigenvalue weighted by atomic mass is 32.1. The normalized spacial score (nSPS) is 15.6. The zero-order valence-corrected chi connectivity index (χ0v) is 17.4. The highest BCUT2D eigenvalue weighted by Gasteiger charge is 2.31. The fourth-order valence-electron chi connectivity index (χ4n) is 3.37. The van der Waals surface area contributed by atoms with Crippen molar-refractivity contribution in [3.05, 3.63) is 33.6 Å². The average molecular weight is 408 g/mol. The average Bonchev–Trinajstić information content (AvgIpc) is 3.23. The van der Waals surface area contributed by atoms with Gasteiger partial charge in [-0.3, -0.25) is 4.57 Å². The molecule has 0 radical (unpaired) electrons. The molecule has 1 saturated carbocycles. The molecule has 6 nitrogen and oxygen atoms in total. The summed E-state index contributed by atoms with van der Waals surface area (Å²) in [5.74, 6) is 0.699. The third-order valence-electron chi connectivity index (χ3n) is 4.78. The SMILES string of the molecule is CCOP(=O)(COc1ccc(CNC2CC2)c2c1-c1ncsc1C2)OCC. The van der Waals surface area contributed by atoms with Crippen molar-refractivity contribution in [1.82, 2.24) is 10.3 Å². The van der Waals surface area contributed by atoms with Crippen molar-refractivity contribution < 1.29 is 18.3 Å². The first-order chi connectivity index (χ1) is 13.1. The minimum Gasteiger partial charge on any atom is -0.480 e. The quantitative estimate of drug-likeness (QED) is 0.496. The van der Waals surface area contributed by atoms with Gasteiger partial charge in [0, 0.05) is 29.4 Å². The summed E-state index contributed by atoms with van der Waals surface area (Å²) in [6, 6.07) is 4.72. The Morgan fingerprint density at radius 3 is 2.74 bits per heavy atom. The van der Waals surface area contributed by atoms with Gasteiger partial charge in [0.05, 0.1) is 24.4 Å². The zero-order chi connectivity index (χ0) is 18.9. The van der Waals surface area contributed by atoms with E-state index in [0.717, 1.165) is 24.2 Å². The Kier molecular flexibility index (Phi) is 5.67. The Morgan fingerprint density at radius 2 is 2.04 bits per heavy atom. The lowest BCUT2D eigenvalue weighted by atomic mass is 10.0. The molecule has 1 N–H and O–H groups in total. The molecule has 2 aromatic rings. The molecule has 0 unspecified atom stereocenters. The Bertz CT molecular complexity index is 855. The van der Waals surface area contributed by atoms with Gasteiger partial charge >= 0.3 is 7.60 Å². The summed E-state index contributed by atoms with van der Waals surface area (Å²) in [6.45, 7) is 5.10. The van der Waals surface area contributed by atoms with Gasteiger partial charge in [0.15, 0.2) is 6.35 Å². The monoisotopic (exact) mass is 408 g/mol. The van der Waals surface area contributed by atoms with Crippen LogP contribution < -0.4 is 10.1 Å². The molecule has 0 saturated heterocycles. The van der Waals surface area contributed by atoms with Gasteiger partial charge in [-0.2, -0.15) is 0 Å². The number of aromatic nitrogens is 1. The van der Waals surface area contributed by atoms with Crippen molar-refractivity contribution in [3.63, 3.8) is 0 Å². The van der Waals surface area contributed by atoms with E-state index in [-0.39, 0.29) is 6.35 Å². The van der Waals surface area contributed by atoms with E-state index < -0.39 is 7.60 Å². The van der Waals surface area contributed by atoms with Crippen LogP contribution in [0.1, 0.15) is 42.7 Å². The van der Waals surface area contributed by atoms with Crippen molar-refractivity contribution >= 4 is 18.9 Å². The first-order valence-electron chi connectivity index (χ1n) is 9.45. The Balaban J connectivity index is 1.59. The van der Waals surface area contributed by atoms with Crippen molar-refractivity contribution in [1.29, 1.82) is 0 Å². The summed E-state index contributed by atoms with van der Waals surface area (Å²) in [5.41, 5.74) is 6.43. The molecule has 1 heterocycles. The Morgan fingerprint density at radius 1 is 1.26 bits per heavy atom. The lowest BCUT2D eigenvalue weighted by Crippen LogP contribution is -2.16. The smallest absolute Gasteiger partial charge is 0.367 e. The van der Waals surface area contributed by atoms with Crippen LogP contribution in [-0.4, -0.2) is 30.6 Å². The lowest BCUT2D eigenvalue weighted by Gasteiger charge is -2.19. The van der Waals surface area contributed by atoms with Crippen LogP contribution >= 0.6 is 18.9 Å². The van der Waals surface area contributed by atoms with E-state index in [9.17, 15) is 4.57 Å². The Hall–Kier alpha value is -1.24. The van der Waals surface area contributed by atoms with Crippen LogP contribution in [0.4, 0.5) is 0 Å². The van der Waals surface area contributed by atoms with Gasteiger partial charge in [0.1, 0.15) is 5.75 Å². The van der Waals surface area contributed by atoms with Gasteiger partial charge in [0.25, 0.3) is 0 Å². The summed E-state index contributed by atoms with van der Waals surface area (Å²) >= 11 is 1.67. The van der Waals surface area contributed by atoms with Crippen molar-refractivity contribution in [2.24, 2.45) is 0 Å². The largest absolute Gasteiger partial charge is 0.480 e. The molecular weight excluding hydrogens is 383 g/mol. The molecule has 0 amide bonds. The second-order valence-electron chi connectivity index (χ2n) is 6.75. The molecule has 8 heteroatoms. The molecule has 0 atom stereocenters. The Labute approximate surface area is 163 Å². The number of thiazole rings is 1. The van der Waals surface area contributed by atoms with Crippen LogP contribution in [0.2, 0.25) is 0 Å². The highest BCUT2D eigenvalue weighted by Crippen LogP contribution is 2.50. The fraction of sp³-hybridized carbons (Fsp3) is 0.526. The number of ether oxygens (including phenoxy) is 1. The minimum atomic E-state index is -3.26. The molecule has 27 heavy (non-hydrogen) atoms. The first kappa shape index (κ1) is 19.1. The van der Waals surface area contributed by atoms with Crippen LogP contribution in [0.25, 0.3) is 11.3 Å². The van der Waals surface area contributed by atoms with Crippen LogP contribution in [0.5, 0.6) is 5.75 Å². The molecule has 2 aliphatic rings. The molecule has 1 fully saturated rings. The minimum absolute atomic E-state index is 0.0970. The van der Waals surface area contributed by atoms with E-state index >= 15 is 0 Å². The third kappa shape index (κ3) is 4.13. The molecule has 0 spiro atoms. The topological polar surface area (TPSA) is 69.7 Å². The summed E-state index contributed by atoms with van der Waals surface area (Å²) < 4.78 is 29.4. The molecule has 0 bridgehead atoms. The maximum absolute atomic E-state index is 12.7. The van der Waals surface area contributed by atoms with E-state index in [4.69, 9.17) is 13.8 Å². The standard InChI is InChI=1S/C19H25N2O4PS/c1-3-24-26(22,25-4-2)12-23-16-8-5-13(10-20-14-6-7-14)15-9-17-19(18(15)16)21-11-27-17/h5,8,11,14,20H,3-4,6-7,9-10,12H2,1-2H3. The van der Waals surface area contributed by atoms with Gasteiger partial charge in [-0.1, -0.05) is 6.07 Å². The molecule has 0 aliphatic heterocycles. The number of hydrogen-bond donors (Lipinski definition) is 1. The van der Waals surface area contributed by atoms with Crippen LogP contribution in [-0.2, 0) is 26.6 Å². The molecule has 4 rings (SSSR count). The number of fused-ring (bicyclic) bond motifs is 3. The van der Waals surface area contributed by atoms with Crippen LogP contribution in [0, 0.1) is 0 Å². The lowest BCUT2D eigenvalue weighted by molar-refractivity contribution is 0.197. The van der Waals surface area contributed by atoms with E-state index in [2.05, 4.69) is 16.4 Å². The number of nitrogens with one attached hydrogen (secondary N) is 1. The fourth-order valence-corrected chi connectivity index (χ4v) is 5.46. The van der Waals surface area contributed by atoms with Gasteiger partial charge in [-0.15, -0.1) is 11.3 Å².